The molecule has 2 aromatic carbocycles. The van der Waals surface area contributed by atoms with Crippen LogP contribution in [0, 0.1) is 6.92 Å². The summed E-state index contributed by atoms with van der Waals surface area (Å²) in [5, 5.41) is 4.66. The highest BCUT2D eigenvalue weighted by Crippen LogP contribution is 2.28. The lowest BCUT2D eigenvalue weighted by Crippen LogP contribution is -2.23. The molecule has 0 unspecified atom stereocenters. The van der Waals surface area contributed by atoms with Crippen LogP contribution in [0.15, 0.2) is 64.9 Å². The van der Waals surface area contributed by atoms with Crippen LogP contribution >= 0.6 is 12.4 Å². The van der Waals surface area contributed by atoms with Gasteiger partial charge in [-0.1, -0.05) is 12.1 Å². The summed E-state index contributed by atoms with van der Waals surface area (Å²) in [5.74, 6) is 0.483. The standard InChI is InChI=1S/C20H22N4O5S.ClH/c1-14-10-16(27-8-3-9-28-24-20(21)22)12-17(11-14)29-30(25,26)19-5-2-4-15-13-23-7-6-18(15)19;/h2,4-7,10-13H,3,8-9H2,1H3,(H4,21,22,24);1H. The Balaban J connectivity index is 0.00000341. The number of nitrogens with zero attached hydrogens (tertiary/aromatic N) is 2. The van der Waals surface area contributed by atoms with Crippen molar-refractivity contribution in [3.05, 3.63) is 60.4 Å². The van der Waals surface area contributed by atoms with Crippen molar-refractivity contribution in [1.29, 1.82) is 0 Å². The highest BCUT2D eigenvalue weighted by molar-refractivity contribution is 7.87. The van der Waals surface area contributed by atoms with Crippen molar-refractivity contribution in [2.45, 2.75) is 18.2 Å². The molecule has 4 N–H and O–H groups in total. The number of ether oxygens (including phenoxy) is 1. The van der Waals surface area contributed by atoms with E-state index in [2.05, 4.69) is 10.1 Å². The molecule has 0 saturated carbocycles. The second-order valence-corrected chi connectivity index (χ2v) is 7.94. The summed E-state index contributed by atoms with van der Waals surface area (Å²) < 4.78 is 36.8. The Bertz CT molecular complexity index is 1160. The summed E-state index contributed by atoms with van der Waals surface area (Å²) in [4.78, 5) is 8.97. The van der Waals surface area contributed by atoms with Gasteiger partial charge in [0.15, 0.2) is 0 Å². The Morgan fingerprint density at radius 2 is 1.87 bits per heavy atom. The molecule has 0 saturated heterocycles. The number of oxime groups is 1. The van der Waals surface area contributed by atoms with Gasteiger partial charge in [0.2, 0.25) is 5.96 Å². The first-order valence-corrected chi connectivity index (χ1v) is 10.5. The number of aryl methyl sites for hydroxylation is 1. The minimum absolute atomic E-state index is 0. The first-order valence-electron chi connectivity index (χ1n) is 9.08. The molecular formula is C20H23ClN4O5S. The number of nitrogens with two attached hydrogens (primary N) is 2. The maximum absolute atomic E-state index is 12.9. The summed E-state index contributed by atoms with van der Waals surface area (Å²) in [7, 11) is -4.06. The lowest BCUT2D eigenvalue weighted by atomic mass is 10.2. The van der Waals surface area contributed by atoms with Gasteiger partial charge < -0.3 is 25.2 Å². The van der Waals surface area contributed by atoms with Gasteiger partial charge in [-0.2, -0.15) is 8.42 Å². The number of halogens is 1. The second-order valence-electron chi connectivity index (χ2n) is 6.42. The van der Waals surface area contributed by atoms with E-state index in [1.807, 2.05) is 6.92 Å². The van der Waals surface area contributed by atoms with E-state index in [1.165, 1.54) is 18.3 Å². The van der Waals surface area contributed by atoms with E-state index in [-0.39, 0.29) is 35.6 Å². The number of pyridine rings is 1. The summed E-state index contributed by atoms with van der Waals surface area (Å²) in [6.07, 6.45) is 3.67. The van der Waals surface area contributed by atoms with Gasteiger partial charge in [-0.15, -0.1) is 12.4 Å². The Morgan fingerprint density at radius 1 is 1.10 bits per heavy atom. The van der Waals surface area contributed by atoms with E-state index in [0.717, 1.165) is 5.56 Å². The zero-order valence-corrected chi connectivity index (χ0v) is 18.4. The van der Waals surface area contributed by atoms with Gasteiger partial charge >= 0.3 is 10.1 Å². The molecule has 0 aliphatic carbocycles. The third kappa shape index (κ3) is 6.63. The molecule has 1 heterocycles. The van der Waals surface area contributed by atoms with Crippen molar-refractivity contribution >= 4 is 39.3 Å². The SMILES string of the molecule is Cc1cc(OCCCON=C(N)N)cc(OS(=O)(=O)c2cccc3cnccc23)c1.Cl. The number of guanidine groups is 1. The van der Waals surface area contributed by atoms with Crippen LogP contribution < -0.4 is 20.4 Å². The average molecular weight is 467 g/mol. The van der Waals surface area contributed by atoms with Gasteiger partial charge in [-0.05, 0) is 41.9 Å². The maximum Gasteiger partial charge on any atom is 0.339 e. The molecule has 0 fully saturated rings. The lowest BCUT2D eigenvalue weighted by molar-refractivity contribution is 0.127. The Morgan fingerprint density at radius 3 is 2.65 bits per heavy atom. The van der Waals surface area contributed by atoms with E-state index in [9.17, 15) is 8.42 Å². The third-order valence-electron chi connectivity index (χ3n) is 3.96. The fourth-order valence-electron chi connectivity index (χ4n) is 2.76. The second kappa shape index (κ2) is 10.7. The molecule has 0 bridgehead atoms. The van der Waals surface area contributed by atoms with E-state index >= 15 is 0 Å². The van der Waals surface area contributed by atoms with Gasteiger partial charge in [0.1, 0.15) is 23.0 Å². The number of hydrogen-bond donors (Lipinski definition) is 2. The van der Waals surface area contributed by atoms with E-state index < -0.39 is 10.1 Å². The molecule has 0 spiro atoms. The smallest absolute Gasteiger partial charge is 0.339 e. The van der Waals surface area contributed by atoms with E-state index in [0.29, 0.717) is 29.5 Å². The average Bonchev–Trinajstić information content (AvgIpc) is 2.69. The monoisotopic (exact) mass is 466 g/mol. The molecular weight excluding hydrogens is 444 g/mol. The van der Waals surface area contributed by atoms with Gasteiger partial charge in [-0.3, -0.25) is 4.98 Å². The molecule has 3 rings (SSSR count). The van der Waals surface area contributed by atoms with Crippen molar-refractivity contribution < 1.29 is 22.2 Å². The summed E-state index contributed by atoms with van der Waals surface area (Å²) in [6, 6.07) is 11.5. The van der Waals surface area contributed by atoms with Crippen LogP contribution in [-0.2, 0) is 15.0 Å². The highest BCUT2D eigenvalue weighted by Gasteiger charge is 2.20. The maximum atomic E-state index is 12.9. The number of rotatable bonds is 9. The van der Waals surface area contributed by atoms with Crippen molar-refractivity contribution in [2.75, 3.05) is 13.2 Å². The fourth-order valence-corrected chi connectivity index (χ4v) is 3.90. The van der Waals surface area contributed by atoms with E-state index in [4.69, 9.17) is 25.2 Å². The first kappa shape index (κ1) is 24.0. The van der Waals surface area contributed by atoms with E-state index in [1.54, 1.807) is 36.5 Å². The summed E-state index contributed by atoms with van der Waals surface area (Å²) in [6.45, 7) is 2.42. The zero-order valence-electron chi connectivity index (χ0n) is 16.7. The van der Waals surface area contributed by atoms with Crippen LogP contribution in [0.2, 0.25) is 0 Å². The van der Waals surface area contributed by atoms with Crippen molar-refractivity contribution in [2.24, 2.45) is 16.6 Å². The molecule has 0 aliphatic heterocycles. The van der Waals surface area contributed by atoms with Crippen LogP contribution in [0.25, 0.3) is 10.8 Å². The minimum Gasteiger partial charge on any atom is -0.493 e. The molecule has 11 heteroatoms. The fraction of sp³-hybridized carbons (Fsp3) is 0.200. The van der Waals surface area contributed by atoms with Crippen LogP contribution in [0.3, 0.4) is 0 Å². The molecule has 0 aliphatic rings. The van der Waals surface area contributed by atoms with Gasteiger partial charge in [0.05, 0.1) is 6.61 Å². The third-order valence-corrected chi connectivity index (χ3v) is 5.27. The zero-order chi connectivity index (χ0) is 21.6. The van der Waals surface area contributed by atoms with Gasteiger partial charge in [0, 0.05) is 35.7 Å². The number of fused-ring (bicyclic) bond motifs is 1. The Labute approximate surface area is 186 Å². The largest absolute Gasteiger partial charge is 0.493 e. The molecule has 0 radical (unpaired) electrons. The highest BCUT2D eigenvalue weighted by atomic mass is 35.5. The predicted octanol–water partition coefficient (Wildman–Crippen LogP) is 2.71. The normalized spacial score (nSPS) is 10.7. The Hall–Kier alpha value is -3.24. The van der Waals surface area contributed by atoms with Crippen molar-refractivity contribution in [3.8, 4) is 11.5 Å². The molecule has 0 amide bonds. The topological polar surface area (TPSA) is 139 Å². The molecule has 9 nitrogen and oxygen atoms in total. The summed E-state index contributed by atoms with van der Waals surface area (Å²) in [5.41, 5.74) is 11.1. The molecule has 3 aromatic rings. The van der Waals surface area contributed by atoms with Crippen LogP contribution in [0.4, 0.5) is 0 Å². The number of aromatic nitrogens is 1. The number of benzene rings is 2. The molecule has 1 aromatic heterocycles. The van der Waals surface area contributed by atoms with Gasteiger partial charge in [-0.25, -0.2) is 0 Å². The first-order chi connectivity index (χ1) is 14.3. The summed E-state index contributed by atoms with van der Waals surface area (Å²) >= 11 is 0. The van der Waals surface area contributed by atoms with Crippen LogP contribution in [0.1, 0.15) is 12.0 Å². The Kier molecular flexibility index (Phi) is 8.29. The molecule has 166 valence electrons. The van der Waals surface area contributed by atoms with Crippen molar-refractivity contribution in [3.63, 3.8) is 0 Å². The lowest BCUT2D eigenvalue weighted by Gasteiger charge is -2.12. The predicted molar refractivity (Wildman–Crippen MR) is 120 cm³/mol. The quantitative estimate of drug-likeness (QED) is 0.161. The van der Waals surface area contributed by atoms with Crippen molar-refractivity contribution in [1.82, 2.24) is 4.98 Å². The molecule has 0 atom stereocenters. The molecule has 31 heavy (non-hydrogen) atoms. The minimum atomic E-state index is -4.06. The van der Waals surface area contributed by atoms with Crippen LogP contribution in [0.5, 0.6) is 11.5 Å². The van der Waals surface area contributed by atoms with Crippen LogP contribution in [-0.4, -0.2) is 32.6 Å². The number of hydrogen-bond acceptors (Lipinski definition) is 7. The van der Waals surface area contributed by atoms with Gasteiger partial charge in [0.25, 0.3) is 0 Å².